The zero-order valence-electron chi connectivity index (χ0n) is 14.9. The van der Waals surface area contributed by atoms with E-state index in [1.165, 1.54) is 28.6 Å². The van der Waals surface area contributed by atoms with Crippen molar-refractivity contribution >= 4 is 32.7 Å². The van der Waals surface area contributed by atoms with Crippen molar-refractivity contribution in [2.24, 2.45) is 0 Å². The number of hydrogen-bond donors (Lipinski definition) is 0. The summed E-state index contributed by atoms with van der Waals surface area (Å²) < 4.78 is 26.5. The Morgan fingerprint density at radius 3 is 2.46 bits per heavy atom. The first-order valence-electron chi connectivity index (χ1n) is 8.31. The molecule has 0 aliphatic heterocycles. The minimum absolute atomic E-state index is 0.203. The second-order valence-electron chi connectivity index (χ2n) is 5.72. The van der Waals surface area contributed by atoms with Crippen LogP contribution < -0.4 is 0 Å². The molecule has 0 aliphatic rings. The molecule has 3 aromatic rings. The first kappa shape index (κ1) is 18.8. The molecule has 0 saturated heterocycles. The van der Waals surface area contributed by atoms with Gasteiger partial charge in [-0.3, -0.25) is 0 Å². The molecule has 0 saturated carbocycles. The number of pyridine rings is 1. The van der Waals surface area contributed by atoms with Gasteiger partial charge in [-0.1, -0.05) is 25.5 Å². The number of fused-ring (bicyclic) bond motifs is 1. The summed E-state index contributed by atoms with van der Waals surface area (Å²) in [4.78, 5) is 13.2. The molecule has 0 atom stereocenters. The fraction of sp³-hybridized carbons (Fsp3) is 0.278. The molecule has 0 bridgehead atoms. The standard InChI is InChI=1S/C18H20N4O2S2/c1-4-22(5-2)26(23,24)14-7-9-17(19-11-14)25-18-15-10-13(3)6-8-16(15)20-12-21-18/h6-12H,4-5H2,1-3H3. The molecule has 6 nitrogen and oxygen atoms in total. The smallest absolute Gasteiger partial charge is 0.244 e. The van der Waals surface area contributed by atoms with Crippen molar-refractivity contribution in [2.75, 3.05) is 13.1 Å². The third kappa shape index (κ3) is 3.72. The van der Waals surface area contributed by atoms with E-state index in [2.05, 4.69) is 15.0 Å². The topological polar surface area (TPSA) is 76.1 Å². The van der Waals surface area contributed by atoms with E-state index in [0.717, 1.165) is 21.5 Å². The van der Waals surface area contributed by atoms with Crippen LogP contribution in [0.4, 0.5) is 0 Å². The quantitative estimate of drug-likeness (QED) is 0.602. The molecule has 0 fully saturated rings. The number of aryl methyl sites for hydroxylation is 1. The summed E-state index contributed by atoms with van der Waals surface area (Å²) in [5.41, 5.74) is 2.00. The van der Waals surface area contributed by atoms with Crippen LogP contribution in [0, 0.1) is 6.92 Å². The monoisotopic (exact) mass is 388 g/mol. The lowest BCUT2D eigenvalue weighted by Gasteiger charge is -2.18. The van der Waals surface area contributed by atoms with E-state index in [1.807, 2.05) is 39.0 Å². The van der Waals surface area contributed by atoms with Crippen LogP contribution in [-0.4, -0.2) is 40.8 Å². The Labute approximate surface area is 157 Å². The largest absolute Gasteiger partial charge is 0.248 e. The van der Waals surface area contributed by atoms with Gasteiger partial charge in [0.1, 0.15) is 21.3 Å². The van der Waals surface area contributed by atoms with Gasteiger partial charge in [0, 0.05) is 24.7 Å². The van der Waals surface area contributed by atoms with Crippen LogP contribution in [0.3, 0.4) is 0 Å². The number of rotatable bonds is 6. The Balaban J connectivity index is 1.90. The van der Waals surface area contributed by atoms with Crippen LogP contribution in [0.1, 0.15) is 19.4 Å². The Morgan fingerprint density at radius 2 is 1.81 bits per heavy atom. The summed E-state index contributed by atoms with van der Waals surface area (Å²) in [6.07, 6.45) is 2.93. The molecule has 3 rings (SSSR count). The minimum Gasteiger partial charge on any atom is -0.248 e. The highest BCUT2D eigenvalue weighted by atomic mass is 32.2. The zero-order valence-corrected chi connectivity index (χ0v) is 16.5. The van der Waals surface area contributed by atoms with Crippen molar-refractivity contribution in [1.82, 2.24) is 19.3 Å². The van der Waals surface area contributed by atoms with Crippen molar-refractivity contribution in [1.29, 1.82) is 0 Å². The van der Waals surface area contributed by atoms with Gasteiger partial charge >= 0.3 is 0 Å². The van der Waals surface area contributed by atoms with Crippen molar-refractivity contribution in [3.8, 4) is 0 Å². The first-order valence-corrected chi connectivity index (χ1v) is 10.6. The van der Waals surface area contributed by atoms with Gasteiger partial charge in [0.15, 0.2) is 0 Å². The van der Waals surface area contributed by atoms with Crippen LogP contribution in [0.15, 0.2) is 57.8 Å². The molecule has 8 heteroatoms. The van der Waals surface area contributed by atoms with Crippen LogP contribution in [-0.2, 0) is 10.0 Å². The predicted molar refractivity (Wildman–Crippen MR) is 103 cm³/mol. The number of nitrogens with zero attached hydrogens (tertiary/aromatic N) is 4. The Hall–Kier alpha value is -2.03. The summed E-state index contributed by atoms with van der Waals surface area (Å²) in [6, 6.07) is 9.32. The maximum atomic E-state index is 12.5. The molecule has 0 N–H and O–H groups in total. The molecule has 0 unspecified atom stereocenters. The molecular weight excluding hydrogens is 368 g/mol. The molecule has 0 amide bonds. The second-order valence-corrected chi connectivity index (χ2v) is 8.67. The predicted octanol–water partition coefficient (Wildman–Crippen LogP) is 3.51. The van der Waals surface area contributed by atoms with Gasteiger partial charge in [-0.2, -0.15) is 4.31 Å². The lowest BCUT2D eigenvalue weighted by Crippen LogP contribution is -2.30. The van der Waals surface area contributed by atoms with Crippen molar-refractivity contribution in [3.63, 3.8) is 0 Å². The van der Waals surface area contributed by atoms with E-state index in [-0.39, 0.29) is 4.90 Å². The molecule has 2 aromatic heterocycles. The van der Waals surface area contributed by atoms with Gasteiger partial charge in [-0.05, 0) is 43.0 Å². The highest BCUT2D eigenvalue weighted by molar-refractivity contribution is 7.99. The molecule has 0 spiro atoms. The third-order valence-corrected chi connectivity index (χ3v) is 7.01. The maximum absolute atomic E-state index is 12.5. The van der Waals surface area contributed by atoms with Crippen molar-refractivity contribution in [2.45, 2.75) is 35.7 Å². The maximum Gasteiger partial charge on any atom is 0.244 e. The summed E-state index contributed by atoms with van der Waals surface area (Å²) in [5.74, 6) is 0. The fourth-order valence-corrected chi connectivity index (χ4v) is 4.84. The van der Waals surface area contributed by atoms with Crippen molar-refractivity contribution < 1.29 is 8.42 Å². The van der Waals surface area contributed by atoms with Gasteiger partial charge < -0.3 is 0 Å². The number of aromatic nitrogens is 3. The third-order valence-electron chi connectivity index (χ3n) is 4.01. The van der Waals surface area contributed by atoms with E-state index >= 15 is 0 Å². The zero-order chi connectivity index (χ0) is 18.7. The molecule has 0 radical (unpaired) electrons. The Kier molecular flexibility index (Phi) is 5.55. The lowest BCUT2D eigenvalue weighted by atomic mass is 10.2. The van der Waals surface area contributed by atoms with E-state index < -0.39 is 10.0 Å². The molecule has 2 heterocycles. The SMILES string of the molecule is CCN(CC)S(=O)(=O)c1ccc(Sc2ncnc3ccc(C)cc23)nc1. The van der Waals surface area contributed by atoms with Crippen molar-refractivity contribution in [3.05, 3.63) is 48.4 Å². The fourth-order valence-electron chi connectivity index (χ4n) is 2.62. The Morgan fingerprint density at radius 1 is 1.04 bits per heavy atom. The van der Waals surface area contributed by atoms with E-state index in [0.29, 0.717) is 18.1 Å². The van der Waals surface area contributed by atoms with Gasteiger partial charge in [0.25, 0.3) is 0 Å². The lowest BCUT2D eigenvalue weighted by molar-refractivity contribution is 0.445. The van der Waals surface area contributed by atoms with Crippen LogP contribution >= 0.6 is 11.8 Å². The molecular formula is C18H20N4O2S2. The van der Waals surface area contributed by atoms with Gasteiger partial charge in [0.2, 0.25) is 10.0 Å². The molecule has 1 aromatic carbocycles. The average Bonchev–Trinajstić information content (AvgIpc) is 2.63. The summed E-state index contributed by atoms with van der Waals surface area (Å²) in [6.45, 7) is 6.52. The van der Waals surface area contributed by atoms with Gasteiger partial charge in [-0.15, -0.1) is 0 Å². The van der Waals surface area contributed by atoms with Gasteiger partial charge in [0.05, 0.1) is 5.52 Å². The summed E-state index contributed by atoms with van der Waals surface area (Å²) in [7, 11) is -3.50. The molecule has 0 aliphatic carbocycles. The summed E-state index contributed by atoms with van der Waals surface area (Å²) >= 11 is 1.39. The second kappa shape index (κ2) is 7.69. The minimum atomic E-state index is -3.50. The summed E-state index contributed by atoms with van der Waals surface area (Å²) in [5, 5.41) is 2.44. The normalized spacial score (nSPS) is 12.0. The van der Waals surface area contributed by atoms with Crippen LogP contribution in [0.2, 0.25) is 0 Å². The van der Waals surface area contributed by atoms with E-state index in [9.17, 15) is 8.42 Å². The highest BCUT2D eigenvalue weighted by Gasteiger charge is 2.21. The molecule has 26 heavy (non-hydrogen) atoms. The van der Waals surface area contributed by atoms with E-state index in [1.54, 1.807) is 12.1 Å². The van der Waals surface area contributed by atoms with Gasteiger partial charge in [-0.25, -0.2) is 23.4 Å². The Bertz CT molecular complexity index is 1020. The molecule has 136 valence electrons. The first-order chi connectivity index (χ1) is 12.5. The number of benzene rings is 1. The number of sulfonamides is 1. The highest BCUT2D eigenvalue weighted by Crippen LogP contribution is 2.30. The van der Waals surface area contributed by atoms with E-state index in [4.69, 9.17) is 0 Å². The average molecular weight is 389 g/mol. The number of hydrogen-bond acceptors (Lipinski definition) is 6. The van der Waals surface area contributed by atoms with Crippen LogP contribution in [0.25, 0.3) is 10.9 Å². The van der Waals surface area contributed by atoms with Crippen LogP contribution in [0.5, 0.6) is 0 Å².